The summed E-state index contributed by atoms with van der Waals surface area (Å²) in [4.78, 5) is 29.5. The van der Waals surface area contributed by atoms with E-state index in [1.54, 1.807) is 29.2 Å². The number of aliphatic imine (C=N–C) groups is 1. The van der Waals surface area contributed by atoms with Crippen molar-refractivity contribution in [3.05, 3.63) is 59.7 Å². The van der Waals surface area contributed by atoms with Gasteiger partial charge in [0.1, 0.15) is 11.6 Å². The molecule has 0 aliphatic carbocycles. The third-order valence-corrected chi connectivity index (χ3v) is 3.84. The predicted octanol–water partition coefficient (Wildman–Crippen LogP) is 3.21. The van der Waals surface area contributed by atoms with Crippen LogP contribution < -0.4 is 10.1 Å². The summed E-state index contributed by atoms with van der Waals surface area (Å²) < 4.78 is 5.27. The Kier molecular flexibility index (Phi) is 4.79. The van der Waals surface area contributed by atoms with Crippen molar-refractivity contribution in [3.8, 4) is 5.75 Å². The first-order chi connectivity index (χ1) is 12.0. The summed E-state index contributed by atoms with van der Waals surface area (Å²) in [5, 5.41) is 2.67. The Bertz CT molecular complexity index is 811. The van der Waals surface area contributed by atoms with E-state index in [4.69, 9.17) is 4.74 Å². The van der Waals surface area contributed by atoms with E-state index in [9.17, 15) is 9.59 Å². The van der Waals surface area contributed by atoms with Gasteiger partial charge in [0, 0.05) is 24.7 Å². The highest BCUT2D eigenvalue weighted by molar-refractivity contribution is 6.08. The maximum Gasteiger partial charge on any atom is 0.417 e. The summed E-state index contributed by atoms with van der Waals surface area (Å²) in [6.07, 6.45) is -0.555. The Morgan fingerprint density at radius 3 is 2.40 bits per heavy atom. The van der Waals surface area contributed by atoms with Gasteiger partial charge in [-0.15, -0.1) is 0 Å². The molecule has 3 rings (SSSR count). The number of nitrogens with one attached hydrogen (secondary N) is 1. The van der Waals surface area contributed by atoms with E-state index in [1.807, 2.05) is 31.2 Å². The molecule has 1 N–H and O–H groups in total. The highest BCUT2D eigenvalue weighted by Gasteiger charge is 2.21. The predicted molar refractivity (Wildman–Crippen MR) is 96.1 cm³/mol. The molecule has 6 nitrogen and oxygen atoms in total. The molecule has 2 amide bonds. The molecule has 0 radical (unpaired) electrons. The fourth-order valence-electron chi connectivity index (χ4n) is 2.56. The highest BCUT2D eigenvalue weighted by atomic mass is 16.6. The van der Waals surface area contributed by atoms with E-state index in [0.29, 0.717) is 30.4 Å². The molecule has 25 heavy (non-hydrogen) atoms. The molecular formula is C19H19N3O3. The van der Waals surface area contributed by atoms with Gasteiger partial charge in [-0.25, -0.2) is 4.79 Å². The van der Waals surface area contributed by atoms with Gasteiger partial charge in [-0.2, -0.15) is 0 Å². The number of ether oxygens (including phenoxy) is 1. The summed E-state index contributed by atoms with van der Waals surface area (Å²) in [7, 11) is 0. The minimum absolute atomic E-state index is 0.0333. The van der Waals surface area contributed by atoms with Crippen molar-refractivity contribution in [2.75, 3.05) is 18.4 Å². The zero-order valence-electron chi connectivity index (χ0n) is 14.2. The van der Waals surface area contributed by atoms with Crippen LogP contribution in [0.2, 0.25) is 0 Å². The molecule has 0 fully saturated rings. The van der Waals surface area contributed by atoms with Crippen LogP contribution in [0.1, 0.15) is 18.1 Å². The Hall–Kier alpha value is -3.15. The second-order valence-corrected chi connectivity index (χ2v) is 5.78. The molecule has 0 spiro atoms. The van der Waals surface area contributed by atoms with E-state index in [2.05, 4.69) is 10.3 Å². The van der Waals surface area contributed by atoms with E-state index in [1.165, 1.54) is 6.92 Å². The Morgan fingerprint density at radius 1 is 1.08 bits per heavy atom. The number of nitrogens with zero attached hydrogens (tertiary/aromatic N) is 2. The molecule has 1 heterocycles. The normalized spacial score (nSPS) is 13.4. The fraction of sp³-hybridized carbons (Fsp3) is 0.211. The van der Waals surface area contributed by atoms with Crippen molar-refractivity contribution < 1.29 is 14.3 Å². The van der Waals surface area contributed by atoms with Gasteiger partial charge >= 0.3 is 6.09 Å². The second kappa shape index (κ2) is 7.17. The molecule has 0 saturated heterocycles. The van der Waals surface area contributed by atoms with Crippen molar-refractivity contribution in [2.45, 2.75) is 13.8 Å². The monoisotopic (exact) mass is 337 g/mol. The molecule has 1 aliphatic heterocycles. The van der Waals surface area contributed by atoms with Gasteiger partial charge in [0.05, 0.1) is 6.54 Å². The van der Waals surface area contributed by atoms with Gasteiger partial charge in [0.2, 0.25) is 5.91 Å². The topological polar surface area (TPSA) is 71.0 Å². The summed E-state index contributed by atoms with van der Waals surface area (Å²) in [6, 6.07) is 14.4. The van der Waals surface area contributed by atoms with Gasteiger partial charge in [0.15, 0.2) is 0 Å². The molecule has 0 bridgehead atoms. The molecule has 0 unspecified atom stereocenters. The van der Waals surface area contributed by atoms with Gasteiger partial charge in [-0.1, -0.05) is 17.7 Å². The van der Waals surface area contributed by atoms with Crippen LogP contribution in [0.15, 0.2) is 53.5 Å². The number of benzene rings is 2. The number of carbonyl (C=O) groups excluding carboxylic acids is 2. The summed E-state index contributed by atoms with van der Waals surface area (Å²) >= 11 is 0. The standard InChI is InChI=1S/C19H19N3O3/c1-13-3-7-16(8-4-13)21-19(24)25-17-9-5-15(6-10-17)18-20-11-12-22(18)14(2)23/h3-10H,11-12H2,1-2H3,(H,21,24). The highest BCUT2D eigenvalue weighted by Crippen LogP contribution is 2.17. The van der Waals surface area contributed by atoms with Crippen LogP contribution >= 0.6 is 0 Å². The SMILES string of the molecule is CC(=O)N1CCN=C1c1ccc(OC(=O)Nc2ccc(C)cc2)cc1. The lowest BCUT2D eigenvalue weighted by Gasteiger charge is -2.16. The van der Waals surface area contributed by atoms with E-state index >= 15 is 0 Å². The van der Waals surface area contributed by atoms with Crippen molar-refractivity contribution >= 4 is 23.5 Å². The third-order valence-electron chi connectivity index (χ3n) is 3.84. The average molecular weight is 337 g/mol. The fourth-order valence-corrected chi connectivity index (χ4v) is 2.56. The van der Waals surface area contributed by atoms with Crippen LogP contribution in [0.25, 0.3) is 0 Å². The Labute approximate surface area is 146 Å². The summed E-state index contributed by atoms with van der Waals surface area (Å²) in [6.45, 7) is 4.70. The molecule has 0 atom stereocenters. The molecular weight excluding hydrogens is 318 g/mol. The first-order valence-corrected chi connectivity index (χ1v) is 8.01. The van der Waals surface area contributed by atoms with Gasteiger partial charge in [0.25, 0.3) is 0 Å². The summed E-state index contributed by atoms with van der Waals surface area (Å²) in [5.41, 5.74) is 2.60. The summed E-state index contributed by atoms with van der Waals surface area (Å²) in [5.74, 6) is 1.04. The van der Waals surface area contributed by atoms with Crippen molar-refractivity contribution in [2.24, 2.45) is 4.99 Å². The number of hydrogen-bond donors (Lipinski definition) is 1. The van der Waals surface area contributed by atoms with Crippen LogP contribution in [0.4, 0.5) is 10.5 Å². The number of amidine groups is 1. The smallest absolute Gasteiger partial charge is 0.410 e. The maximum absolute atomic E-state index is 11.9. The molecule has 128 valence electrons. The molecule has 6 heteroatoms. The van der Waals surface area contributed by atoms with E-state index in [0.717, 1.165) is 11.1 Å². The lowest BCUT2D eigenvalue weighted by atomic mass is 10.2. The van der Waals surface area contributed by atoms with Crippen LogP contribution in [0, 0.1) is 6.92 Å². The zero-order chi connectivity index (χ0) is 17.8. The van der Waals surface area contributed by atoms with Crippen LogP contribution in [0.3, 0.4) is 0 Å². The quantitative estimate of drug-likeness (QED) is 0.935. The lowest BCUT2D eigenvalue weighted by molar-refractivity contribution is -0.124. The van der Waals surface area contributed by atoms with Crippen LogP contribution in [0.5, 0.6) is 5.75 Å². The minimum atomic E-state index is -0.555. The van der Waals surface area contributed by atoms with Gasteiger partial charge < -0.3 is 4.74 Å². The first-order valence-electron chi connectivity index (χ1n) is 8.01. The lowest BCUT2D eigenvalue weighted by Crippen LogP contribution is -2.32. The molecule has 1 aliphatic rings. The van der Waals surface area contributed by atoms with Gasteiger partial charge in [-0.3, -0.25) is 20.0 Å². The number of anilines is 1. The number of hydrogen-bond acceptors (Lipinski definition) is 4. The van der Waals surface area contributed by atoms with Crippen molar-refractivity contribution in [1.82, 2.24) is 4.90 Å². The molecule has 2 aromatic rings. The molecule has 0 saturated carbocycles. The van der Waals surface area contributed by atoms with E-state index in [-0.39, 0.29) is 5.91 Å². The molecule has 2 aromatic carbocycles. The second-order valence-electron chi connectivity index (χ2n) is 5.78. The number of carbonyl (C=O) groups is 2. The Balaban J connectivity index is 1.63. The van der Waals surface area contributed by atoms with Crippen molar-refractivity contribution in [1.29, 1.82) is 0 Å². The number of aryl methyl sites for hydroxylation is 1. The van der Waals surface area contributed by atoms with Crippen molar-refractivity contribution in [3.63, 3.8) is 0 Å². The Morgan fingerprint density at radius 2 is 1.76 bits per heavy atom. The number of amides is 2. The van der Waals surface area contributed by atoms with Gasteiger partial charge in [-0.05, 0) is 43.3 Å². The van der Waals surface area contributed by atoms with Crippen LogP contribution in [-0.2, 0) is 4.79 Å². The largest absolute Gasteiger partial charge is 0.417 e. The van der Waals surface area contributed by atoms with Crippen LogP contribution in [-0.4, -0.2) is 35.8 Å². The third kappa shape index (κ3) is 4.03. The number of rotatable bonds is 3. The van der Waals surface area contributed by atoms with E-state index < -0.39 is 6.09 Å². The maximum atomic E-state index is 11.9. The minimum Gasteiger partial charge on any atom is -0.410 e. The zero-order valence-corrected chi connectivity index (χ0v) is 14.2. The first kappa shape index (κ1) is 16.7. The average Bonchev–Trinajstić information content (AvgIpc) is 3.07. The molecule has 0 aromatic heterocycles.